The predicted octanol–water partition coefficient (Wildman–Crippen LogP) is -0.764. The van der Waals surface area contributed by atoms with Gasteiger partial charge >= 0.3 is 0 Å². The summed E-state index contributed by atoms with van der Waals surface area (Å²) in [5.41, 5.74) is 0. The molecule has 4 heavy (non-hydrogen) atoms. The minimum atomic E-state index is 0. The molecular formula is AgAlLaLi. The Bertz CT molecular complexity index is 8.00. The molecule has 4 heteroatoms. The Labute approximate surface area is 92.3 Å². The molecule has 0 unspecified atom stereocenters. The van der Waals surface area contributed by atoms with Crippen molar-refractivity contribution >= 4 is 36.2 Å². The molecule has 0 bridgehead atoms. The second-order valence-corrected chi connectivity index (χ2v) is 0. The second kappa shape index (κ2) is 16.6. The Morgan fingerprint density at radius 1 is 1.00 bits per heavy atom. The van der Waals surface area contributed by atoms with E-state index >= 15 is 0 Å². The summed E-state index contributed by atoms with van der Waals surface area (Å²) in [7, 11) is 0. The summed E-state index contributed by atoms with van der Waals surface area (Å²) in [6, 6.07) is 0. The van der Waals surface area contributed by atoms with Crippen LogP contribution in [0.15, 0.2) is 0 Å². The zero-order valence-electron chi connectivity index (χ0n) is 2.46. The Morgan fingerprint density at radius 2 is 1.00 bits per heavy atom. The third-order valence-corrected chi connectivity index (χ3v) is 0. The number of hydrogen-bond acceptors (Lipinski definition) is 0. The van der Waals surface area contributed by atoms with Gasteiger partial charge in [-0.3, -0.25) is 0 Å². The van der Waals surface area contributed by atoms with Crippen LogP contribution in [0.1, 0.15) is 0 Å². The van der Waals surface area contributed by atoms with Gasteiger partial charge in [0.2, 0.25) is 0 Å². The Kier molecular flexibility index (Phi) is 115. The molecule has 0 amide bonds. The van der Waals surface area contributed by atoms with Crippen LogP contribution in [0.25, 0.3) is 0 Å². The first-order valence-corrected chi connectivity index (χ1v) is 0. The largest absolute Gasteiger partial charge is 0 e. The van der Waals surface area contributed by atoms with E-state index in [1.54, 1.807) is 0 Å². The average molecular weight is 281 g/mol. The summed E-state index contributed by atoms with van der Waals surface area (Å²) in [4.78, 5) is 0. The topological polar surface area (TPSA) is 0 Å². The summed E-state index contributed by atoms with van der Waals surface area (Å²) in [5.74, 6) is 0. The van der Waals surface area contributed by atoms with Crippen LogP contribution in [-0.4, -0.2) is 36.2 Å². The summed E-state index contributed by atoms with van der Waals surface area (Å²) in [5, 5.41) is 0. The van der Waals surface area contributed by atoms with Gasteiger partial charge in [-0.05, 0) is 0 Å². The van der Waals surface area contributed by atoms with E-state index in [0.717, 1.165) is 0 Å². The quantitative estimate of drug-likeness (QED) is 0.512. The van der Waals surface area contributed by atoms with Gasteiger partial charge in [-0.2, -0.15) is 0 Å². The summed E-state index contributed by atoms with van der Waals surface area (Å²) in [6.07, 6.45) is 0. The maximum Gasteiger partial charge on any atom is 0 e. The van der Waals surface area contributed by atoms with Crippen LogP contribution in [0.5, 0.6) is 0 Å². The molecule has 0 aromatic heterocycles. The second-order valence-electron chi connectivity index (χ2n) is 0. The van der Waals surface area contributed by atoms with Gasteiger partial charge in [-0.1, -0.05) is 0 Å². The molecule has 0 fully saturated rings. The third-order valence-electron chi connectivity index (χ3n) is 0. The van der Waals surface area contributed by atoms with Crippen molar-refractivity contribution in [1.82, 2.24) is 0 Å². The molecule has 0 spiro atoms. The van der Waals surface area contributed by atoms with E-state index in [2.05, 4.69) is 0 Å². The van der Waals surface area contributed by atoms with Gasteiger partial charge in [0, 0.05) is 94.2 Å². The van der Waals surface area contributed by atoms with Gasteiger partial charge in [-0.15, -0.1) is 0 Å². The normalized spacial score (nSPS) is 0. The molecule has 0 aromatic carbocycles. The van der Waals surface area contributed by atoms with Crippen LogP contribution in [0.3, 0.4) is 0 Å². The fourth-order valence-corrected chi connectivity index (χ4v) is 0. The molecular weight excluding hydrogens is 281 g/mol. The van der Waals surface area contributed by atoms with Crippen molar-refractivity contribution < 1.29 is 58.0 Å². The van der Waals surface area contributed by atoms with Crippen molar-refractivity contribution in [2.45, 2.75) is 0 Å². The van der Waals surface area contributed by atoms with Crippen molar-refractivity contribution in [3.05, 3.63) is 0 Å². The molecule has 18 valence electrons. The standard InChI is InChI=1S/Ag.Al.La.Li. The SMILES string of the molecule is [Ag].[Al].[La].[Li]. The molecule has 0 saturated carbocycles. The maximum atomic E-state index is 0. The minimum absolute atomic E-state index is 0. The number of rotatable bonds is 0. The van der Waals surface area contributed by atoms with Crippen LogP contribution in [0, 0.1) is 35.6 Å². The first kappa shape index (κ1) is 27.7. The van der Waals surface area contributed by atoms with E-state index in [-0.39, 0.29) is 94.2 Å². The van der Waals surface area contributed by atoms with Gasteiger partial charge in [0.15, 0.2) is 0 Å². The molecule has 0 aliphatic rings. The zero-order chi connectivity index (χ0) is 0. The molecule has 0 N–H and O–H groups in total. The molecule has 0 saturated heterocycles. The molecule has 0 heterocycles. The molecule has 0 aromatic rings. The van der Waals surface area contributed by atoms with E-state index in [4.69, 9.17) is 0 Å². The van der Waals surface area contributed by atoms with Crippen molar-refractivity contribution in [2.75, 3.05) is 0 Å². The zero-order valence-corrected chi connectivity index (χ0v) is 8.72. The van der Waals surface area contributed by atoms with Gasteiger partial charge in [0.1, 0.15) is 0 Å². The molecule has 0 rings (SSSR count). The van der Waals surface area contributed by atoms with Crippen molar-refractivity contribution in [2.24, 2.45) is 0 Å². The van der Waals surface area contributed by atoms with E-state index in [9.17, 15) is 0 Å². The Morgan fingerprint density at radius 3 is 1.00 bits per heavy atom. The van der Waals surface area contributed by atoms with Crippen molar-refractivity contribution in [3.63, 3.8) is 0 Å². The fraction of sp³-hybridized carbons (Fsp3) is 0. The predicted molar refractivity (Wildman–Crippen MR) is 11.5 cm³/mol. The van der Waals surface area contributed by atoms with Crippen LogP contribution in [-0.2, 0) is 22.4 Å². The molecule has 0 nitrogen and oxygen atoms in total. The molecule has 0 aliphatic carbocycles. The monoisotopic (exact) mass is 280 g/mol. The van der Waals surface area contributed by atoms with Crippen molar-refractivity contribution in [3.8, 4) is 0 Å². The maximum absolute atomic E-state index is 0. The smallest absolute Gasteiger partial charge is 0 e. The van der Waals surface area contributed by atoms with Crippen molar-refractivity contribution in [1.29, 1.82) is 0 Å². The first-order chi connectivity index (χ1) is 0. The first-order valence-electron chi connectivity index (χ1n) is 0. The Hall–Kier alpha value is 3.06. The van der Waals surface area contributed by atoms with E-state index in [1.165, 1.54) is 0 Å². The van der Waals surface area contributed by atoms with Crippen LogP contribution >= 0.6 is 0 Å². The van der Waals surface area contributed by atoms with Gasteiger partial charge in [-0.25, -0.2) is 0 Å². The fourth-order valence-electron chi connectivity index (χ4n) is 0. The summed E-state index contributed by atoms with van der Waals surface area (Å²) in [6.45, 7) is 0. The molecule has 6 radical (unpaired) electrons. The van der Waals surface area contributed by atoms with E-state index < -0.39 is 0 Å². The van der Waals surface area contributed by atoms with E-state index in [1.807, 2.05) is 0 Å². The van der Waals surface area contributed by atoms with Gasteiger partial charge in [0.25, 0.3) is 0 Å². The summed E-state index contributed by atoms with van der Waals surface area (Å²) >= 11 is 0. The Balaban J connectivity index is 0. The van der Waals surface area contributed by atoms with Crippen LogP contribution in [0.2, 0.25) is 0 Å². The minimum Gasteiger partial charge on any atom is 0 e. The molecule has 0 aliphatic heterocycles. The van der Waals surface area contributed by atoms with Gasteiger partial charge in [0.05, 0.1) is 0 Å². The molecule has 0 atom stereocenters. The van der Waals surface area contributed by atoms with Crippen LogP contribution in [0.4, 0.5) is 0 Å². The number of hydrogen-bond donors (Lipinski definition) is 0. The third kappa shape index (κ3) is 8.91. The van der Waals surface area contributed by atoms with Gasteiger partial charge < -0.3 is 0 Å². The average Bonchev–Trinajstić information content (AvgIpc) is 0. The summed E-state index contributed by atoms with van der Waals surface area (Å²) < 4.78 is 0. The van der Waals surface area contributed by atoms with Crippen LogP contribution < -0.4 is 0 Å². The van der Waals surface area contributed by atoms with E-state index in [0.29, 0.717) is 0 Å².